The number of pyridine rings is 1. The van der Waals surface area contributed by atoms with E-state index in [-0.39, 0.29) is 0 Å². The molecule has 6 nitrogen and oxygen atoms in total. The largest absolute Gasteiger partial charge is 0.365 e. The minimum absolute atomic E-state index is 0.394. The zero-order valence-corrected chi connectivity index (χ0v) is 13.4. The fourth-order valence-electron chi connectivity index (χ4n) is 3.48. The number of fused-ring (bicyclic) bond motifs is 2. The second kappa shape index (κ2) is 6.22. The molecule has 0 unspecified atom stereocenters. The number of carbonyl (C=O) groups excluding carboxylic acids is 1. The van der Waals surface area contributed by atoms with Crippen molar-refractivity contribution in [2.75, 3.05) is 18.0 Å². The van der Waals surface area contributed by atoms with Crippen LogP contribution in [0.3, 0.4) is 0 Å². The molecule has 0 fully saturated rings. The number of hydrogen-bond donors (Lipinski definition) is 3. The highest BCUT2D eigenvalue weighted by Gasteiger charge is 2.20. The van der Waals surface area contributed by atoms with Gasteiger partial charge in [-0.3, -0.25) is 15.0 Å². The number of carbonyl (C=O) groups is 1. The first-order valence-corrected chi connectivity index (χ1v) is 8.24. The summed E-state index contributed by atoms with van der Waals surface area (Å²) >= 11 is 0. The molecule has 4 rings (SSSR count). The summed E-state index contributed by atoms with van der Waals surface area (Å²) in [5, 5.41) is 12.1. The fourth-order valence-corrected chi connectivity index (χ4v) is 3.48. The van der Waals surface area contributed by atoms with Gasteiger partial charge in [-0.05, 0) is 54.3 Å². The van der Waals surface area contributed by atoms with Gasteiger partial charge in [0.1, 0.15) is 0 Å². The van der Waals surface area contributed by atoms with E-state index in [1.165, 1.54) is 23.0 Å². The molecule has 6 heteroatoms. The van der Waals surface area contributed by atoms with E-state index < -0.39 is 5.91 Å². The maximum absolute atomic E-state index is 11.5. The van der Waals surface area contributed by atoms with E-state index in [4.69, 9.17) is 5.21 Å². The normalized spacial score (nSPS) is 16.3. The summed E-state index contributed by atoms with van der Waals surface area (Å²) in [6, 6.07) is 8.53. The third-order valence-corrected chi connectivity index (χ3v) is 4.86. The average molecular weight is 324 g/mol. The third kappa shape index (κ3) is 2.74. The first-order chi connectivity index (χ1) is 11.7. The van der Waals surface area contributed by atoms with Crippen LogP contribution in [0.5, 0.6) is 0 Å². The lowest BCUT2D eigenvalue weighted by Crippen LogP contribution is -2.32. The Morgan fingerprint density at radius 3 is 3.00 bits per heavy atom. The lowest BCUT2D eigenvalue weighted by molar-refractivity contribution is 0.0706. The van der Waals surface area contributed by atoms with Gasteiger partial charge in [0.25, 0.3) is 5.91 Å². The van der Waals surface area contributed by atoms with E-state index in [1.807, 2.05) is 6.07 Å². The van der Waals surface area contributed by atoms with Crippen LogP contribution in [0.1, 0.15) is 32.7 Å². The number of nitrogens with one attached hydrogen (secondary N) is 2. The Bertz CT molecular complexity index is 791. The second-order valence-corrected chi connectivity index (χ2v) is 6.32. The van der Waals surface area contributed by atoms with Crippen molar-refractivity contribution in [3.05, 3.63) is 58.4 Å². The summed E-state index contributed by atoms with van der Waals surface area (Å²) in [6.07, 6.45) is 3.44. The molecular weight excluding hydrogens is 304 g/mol. The van der Waals surface area contributed by atoms with Crippen LogP contribution < -0.4 is 15.7 Å². The first kappa shape index (κ1) is 15.1. The molecule has 0 atom stereocenters. The summed E-state index contributed by atoms with van der Waals surface area (Å²) in [5.41, 5.74) is 8.18. The van der Waals surface area contributed by atoms with Crippen LogP contribution in [-0.2, 0) is 25.9 Å². The van der Waals surface area contributed by atoms with Gasteiger partial charge in [-0.1, -0.05) is 6.07 Å². The van der Waals surface area contributed by atoms with Crippen molar-refractivity contribution in [3.63, 3.8) is 0 Å². The highest BCUT2D eigenvalue weighted by Crippen LogP contribution is 2.27. The minimum atomic E-state index is -0.518. The van der Waals surface area contributed by atoms with Crippen LogP contribution in [0, 0.1) is 0 Å². The van der Waals surface area contributed by atoms with Crippen LogP contribution in [-0.4, -0.2) is 29.2 Å². The van der Waals surface area contributed by atoms with Crippen LogP contribution in [0.15, 0.2) is 30.5 Å². The lowest BCUT2D eigenvalue weighted by Gasteiger charge is -2.31. The van der Waals surface area contributed by atoms with Gasteiger partial charge in [-0.25, -0.2) is 5.48 Å². The molecule has 0 saturated heterocycles. The van der Waals surface area contributed by atoms with Gasteiger partial charge in [0.05, 0.1) is 17.8 Å². The fraction of sp³-hybridized carbons (Fsp3) is 0.333. The maximum atomic E-state index is 11.5. The number of amides is 1. The van der Waals surface area contributed by atoms with Crippen LogP contribution in [0.4, 0.5) is 5.69 Å². The summed E-state index contributed by atoms with van der Waals surface area (Å²) in [5.74, 6) is -0.518. The summed E-state index contributed by atoms with van der Waals surface area (Å²) in [6.45, 7) is 3.63. The average Bonchev–Trinajstić information content (AvgIpc) is 2.66. The van der Waals surface area contributed by atoms with Crippen molar-refractivity contribution < 1.29 is 10.0 Å². The minimum Gasteiger partial charge on any atom is -0.365 e. The molecule has 1 aromatic heterocycles. The van der Waals surface area contributed by atoms with E-state index in [0.717, 1.165) is 50.3 Å². The molecule has 2 aliphatic heterocycles. The van der Waals surface area contributed by atoms with Gasteiger partial charge in [-0.2, -0.15) is 0 Å². The highest BCUT2D eigenvalue weighted by atomic mass is 16.5. The van der Waals surface area contributed by atoms with Crippen LogP contribution in [0.2, 0.25) is 0 Å². The number of anilines is 1. The Kier molecular flexibility index (Phi) is 3.92. The van der Waals surface area contributed by atoms with Gasteiger partial charge in [0.15, 0.2) is 0 Å². The number of nitrogens with zero attached hydrogens (tertiary/aromatic N) is 2. The Balaban J connectivity index is 1.57. The molecule has 24 heavy (non-hydrogen) atoms. The van der Waals surface area contributed by atoms with Crippen molar-refractivity contribution in [2.45, 2.75) is 25.9 Å². The van der Waals surface area contributed by atoms with Gasteiger partial charge in [0.2, 0.25) is 0 Å². The van der Waals surface area contributed by atoms with E-state index in [1.54, 1.807) is 5.48 Å². The third-order valence-electron chi connectivity index (χ3n) is 4.86. The van der Waals surface area contributed by atoms with Crippen molar-refractivity contribution in [3.8, 4) is 0 Å². The van der Waals surface area contributed by atoms with Gasteiger partial charge in [-0.15, -0.1) is 0 Å². The first-order valence-electron chi connectivity index (χ1n) is 8.24. The van der Waals surface area contributed by atoms with Crippen LogP contribution in [0.25, 0.3) is 0 Å². The standard InChI is InChI=1S/C18H20N4O2/c23-18(21-24)15-7-13-4-6-22(11-17(13)20-10-15)16-2-1-14-9-19-5-3-12(14)8-16/h1-2,7-8,10,19,24H,3-6,9,11H2,(H,21,23). The lowest BCUT2D eigenvalue weighted by atomic mass is 9.98. The van der Waals surface area contributed by atoms with Crippen molar-refractivity contribution in [1.82, 2.24) is 15.8 Å². The van der Waals surface area contributed by atoms with E-state index in [2.05, 4.69) is 33.4 Å². The number of benzene rings is 1. The molecule has 2 aliphatic rings. The molecule has 0 bridgehead atoms. The quantitative estimate of drug-likeness (QED) is 0.575. The molecule has 3 heterocycles. The Morgan fingerprint density at radius 1 is 1.21 bits per heavy atom. The predicted molar refractivity (Wildman–Crippen MR) is 90.1 cm³/mol. The van der Waals surface area contributed by atoms with Gasteiger partial charge in [0, 0.05) is 25.0 Å². The van der Waals surface area contributed by atoms with Crippen molar-refractivity contribution in [1.29, 1.82) is 0 Å². The molecular formula is C18H20N4O2. The molecule has 0 aliphatic carbocycles. The number of rotatable bonds is 2. The Hall–Kier alpha value is -2.44. The molecule has 1 amide bonds. The number of hydrogen-bond acceptors (Lipinski definition) is 5. The van der Waals surface area contributed by atoms with Gasteiger partial charge < -0.3 is 10.2 Å². The molecule has 0 radical (unpaired) electrons. The van der Waals surface area contributed by atoms with E-state index in [0.29, 0.717) is 5.56 Å². The topological polar surface area (TPSA) is 77.5 Å². The summed E-state index contributed by atoms with van der Waals surface area (Å²) in [4.78, 5) is 18.3. The monoisotopic (exact) mass is 324 g/mol. The van der Waals surface area contributed by atoms with Crippen molar-refractivity contribution >= 4 is 11.6 Å². The highest BCUT2D eigenvalue weighted by molar-refractivity contribution is 5.93. The molecule has 1 aromatic carbocycles. The Labute approximate surface area is 140 Å². The molecule has 2 aromatic rings. The molecule has 0 spiro atoms. The summed E-state index contributed by atoms with van der Waals surface area (Å²) in [7, 11) is 0. The van der Waals surface area contributed by atoms with Gasteiger partial charge >= 0.3 is 0 Å². The predicted octanol–water partition coefficient (Wildman–Crippen LogP) is 1.41. The van der Waals surface area contributed by atoms with Crippen LogP contribution >= 0.6 is 0 Å². The summed E-state index contributed by atoms with van der Waals surface area (Å²) < 4.78 is 0. The zero-order valence-electron chi connectivity index (χ0n) is 13.4. The van der Waals surface area contributed by atoms with Crippen molar-refractivity contribution in [2.24, 2.45) is 0 Å². The van der Waals surface area contributed by atoms with E-state index in [9.17, 15) is 4.79 Å². The number of hydroxylamine groups is 1. The molecule has 124 valence electrons. The maximum Gasteiger partial charge on any atom is 0.276 e. The zero-order chi connectivity index (χ0) is 16.5. The Morgan fingerprint density at radius 2 is 2.12 bits per heavy atom. The second-order valence-electron chi connectivity index (χ2n) is 6.32. The molecule has 3 N–H and O–H groups in total. The SMILES string of the molecule is O=C(NO)c1cnc2c(c1)CCN(c1ccc3c(c1)CCNC3)C2. The number of aromatic nitrogens is 1. The van der Waals surface area contributed by atoms with E-state index >= 15 is 0 Å². The smallest absolute Gasteiger partial charge is 0.276 e. The molecule has 0 saturated carbocycles.